The molecule has 0 spiro atoms. The van der Waals surface area contributed by atoms with Gasteiger partial charge < -0.3 is 5.11 Å². The molecule has 6 atom stereocenters. The quantitative estimate of drug-likeness (QED) is 0.109. The van der Waals surface area contributed by atoms with E-state index in [9.17, 15) is 50.2 Å². The molecule has 2 aliphatic heterocycles. The van der Waals surface area contributed by atoms with Crippen LogP contribution in [0, 0.1) is 29.5 Å². The molecule has 4 aromatic rings. The lowest BCUT2D eigenvalue weighted by Crippen LogP contribution is -2.53. The zero-order valence-corrected chi connectivity index (χ0v) is 31.2. The Hall–Kier alpha value is -5.96. The highest BCUT2D eigenvalue weighted by Crippen LogP contribution is 2.65. The largest absolute Gasteiger partial charge is 0.507 e. The van der Waals surface area contributed by atoms with Crippen LogP contribution >= 0.6 is 11.6 Å². The SMILES string of the molecule is C=CCc1cccc([C@H]2C3=CC[C@@H]4C(=O)N(c5cc(C(F)(F)F)cc(C(F)(F)F)c5)C(=O)[C@@H]4[C@@H]3C[C@H]3C(=O)N(Nc4ccc(F)cc4)C(=O)[C@@]23c2ccc(Cl)cc2)c1O. The molecule has 4 aromatic carbocycles. The van der Waals surface area contributed by atoms with Crippen LogP contribution in [0.15, 0.2) is 109 Å². The highest BCUT2D eigenvalue weighted by Gasteiger charge is 2.70. The van der Waals surface area contributed by atoms with Gasteiger partial charge in [-0.3, -0.25) is 24.6 Å². The Bertz CT molecular complexity index is 2440. The Morgan fingerprint density at radius 2 is 1.49 bits per heavy atom. The molecule has 16 heteroatoms. The summed E-state index contributed by atoms with van der Waals surface area (Å²) in [6.45, 7) is 3.76. The first-order valence-electron chi connectivity index (χ1n) is 18.3. The molecule has 4 amide bonds. The normalized spacial score (nSPS) is 25.4. The van der Waals surface area contributed by atoms with Crippen LogP contribution in [0.1, 0.15) is 46.6 Å². The van der Waals surface area contributed by atoms with Gasteiger partial charge in [0.15, 0.2) is 0 Å². The number of hydrogen-bond acceptors (Lipinski definition) is 6. The summed E-state index contributed by atoms with van der Waals surface area (Å²) in [6, 6.07) is 16.3. The van der Waals surface area contributed by atoms with Crippen molar-refractivity contribution in [3.63, 3.8) is 0 Å². The number of amides is 4. The minimum absolute atomic E-state index is 0.106. The van der Waals surface area contributed by atoms with Crippen LogP contribution in [0.5, 0.6) is 5.75 Å². The number of halogens is 8. The average molecular weight is 838 g/mol. The number of nitrogens with zero attached hydrogens (tertiary/aromatic N) is 2. The van der Waals surface area contributed by atoms with E-state index in [-0.39, 0.29) is 42.3 Å². The molecule has 8 rings (SSSR count). The maximum Gasteiger partial charge on any atom is 0.416 e. The van der Waals surface area contributed by atoms with Crippen molar-refractivity contribution in [2.45, 2.75) is 42.9 Å². The smallest absolute Gasteiger partial charge is 0.416 e. The minimum atomic E-state index is -5.27. The van der Waals surface area contributed by atoms with Crippen molar-refractivity contribution in [1.29, 1.82) is 0 Å². The molecule has 0 unspecified atom stereocenters. The third-order valence-corrected chi connectivity index (χ3v) is 12.2. The molecule has 3 fully saturated rings. The molecule has 2 heterocycles. The maximum absolute atomic E-state index is 15.3. The van der Waals surface area contributed by atoms with Gasteiger partial charge in [0, 0.05) is 16.5 Å². The number of imide groups is 2. The van der Waals surface area contributed by atoms with Crippen LogP contribution in [0.2, 0.25) is 5.02 Å². The zero-order valence-electron chi connectivity index (χ0n) is 30.5. The van der Waals surface area contributed by atoms with Crippen molar-refractivity contribution < 1.29 is 55.0 Å². The standard InChI is InChI=1S/C43H31ClF7N3O5/c1-2-4-21-5-3-6-31(36(21)55)35-29-15-16-30-34(39(58)53(37(30)56)28-18-23(42(46,47)48)17-24(19-28)43(49,50)51)32(29)20-33-38(57)54(52-27-13-11-26(45)12-14-27)40(59)41(33,35)22-7-9-25(44)10-8-22/h2-3,5-15,17-19,30,32-35,52,55H,1,4,16,20H2/t30-,32+,33-,34-,35+,41+/m0/s1. The molecule has 4 aliphatic rings. The zero-order chi connectivity index (χ0) is 42.3. The van der Waals surface area contributed by atoms with E-state index in [0.29, 0.717) is 38.8 Å². The third kappa shape index (κ3) is 6.28. The van der Waals surface area contributed by atoms with E-state index in [2.05, 4.69) is 12.0 Å². The third-order valence-electron chi connectivity index (χ3n) is 11.9. The molecule has 2 aliphatic carbocycles. The van der Waals surface area contributed by atoms with Crippen molar-refractivity contribution in [2.24, 2.45) is 23.7 Å². The Labute approximate surface area is 336 Å². The molecular weight excluding hydrogens is 807 g/mol. The van der Waals surface area contributed by atoms with Gasteiger partial charge in [-0.1, -0.05) is 59.7 Å². The topological polar surface area (TPSA) is 107 Å². The van der Waals surface area contributed by atoms with Gasteiger partial charge in [0.05, 0.1) is 45.7 Å². The van der Waals surface area contributed by atoms with E-state index in [4.69, 9.17) is 11.6 Å². The lowest BCUT2D eigenvalue weighted by atomic mass is 9.49. The maximum atomic E-state index is 15.3. The van der Waals surface area contributed by atoms with E-state index < -0.39 is 93.6 Å². The molecule has 0 bridgehead atoms. The Morgan fingerprint density at radius 3 is 2.10 bits per heavy atom. The number of hydrogen-bond donors (Lipinski definition) is 2. The van der Waals surface area contributed by atoms with Gasteiger partial charge in [-0.2, -0.15) is 31.4 Å². The van der Waals surface area contributed by atoms with Crippen molar-refractivity contribution in [1.82, 2.24) is 5.01 Å². The number of alkyl halides is 6. The van der Waals surface area contributed by atoms with Crippen molar-refractivity contribution >= 4 is 46.6 Å². The Morgan fingerprint density at radius 1 is 0.847 bits per heavy atom. The van der Waals surface area contributed by atoms with Gasteiger partial charge in [-0.25, -0.2) is 9.29 Å². The summed E-state index contributed by atoms with van der Waals surface area (Å²) in [5.74, 6) is -10.8. The monoisotopic (exact) mass is 837 g/mol. The second-order valence-electron chi connectivity index (χ2n) is 15.0. The predicted molar refractivity (Wildman–Crippen MR) is 200 cm³/mol. The number of phenolic OH excluding ortho intramolecular Hbond substituents is 1. The second-order valence-corrected chi connectivity index (χ2v) is 15.4. The van der Waals surface area contributed by atoms with Crippen molar-refractivity contribution in [3.05, 3.63) is 148 Å². The molecule has 59 heavy (non-hydrogen) atoms. The first-order chi connectivity index (χ1) is 27.9. The summed E-state index contributed by atoms with van der Waals surface area (Å²) < 4.78 is 97.6. The number of carbonyl (C=O) groups is 4. The van der Waals surface area contributed by atoms with Gasteiger partial charge in [-0.15, -0.1) is 6.58 Å². The fourth-order valence-corrected chi connectivity index (χ4v) is 9.61. The number of phenols is 1. The lowest BCUT2D eigenvalue weighted by molar-refractivity contribution is -0.143. The van der Waals surface area contributed by atoms with Crippen LogP contribution in [-0.2, 0) is 43.4 Å². The number of rotatable bonds is 7. The van der Waals surface area contributed by atoms with E-state index in [1.165, 1.54) is 24.3 Å². The number of anilines is 2. The van der Waals surface area contributed by atoms with E-state index in [1.807, 2.05) is 0 Å². The van der Waals surface area contributed by atoms with Crippen molar-refractivity contribution in [2.75, 3.05) is 10.3 Å². The van der Waals surface area contributed by atoms with Crippen LogP contribution in [0.25, 0.3) is 0 Å². The summed E-state index contributed by atoms with van der Waals surface area (Å²) in [5, 5.41) is 13.0. The first kappa shape index (κ1) is 39.8. The van der Waals surface area contributed by atoms with Gasteiger partial charge in [0.1, 0.15) is 11.6 Å². The highest BCUT2D eigenvalue weighted by atomic mass is 35.5. The number of benzene rings is 4. The Balaban J connectivity index is 1.33. The average Bonchev–Trinajstić information content (AvgIpc) is 3.56. The predicted octanol–water partition coefficient (Wildman–Crippen LogP) is 9.14. The van der Waals surface area contributed by atoms with Gasteiger partial charge >= 0.3 is 12.4 Å². The first-order valence-corrected chi connectivity index (χ1v) is 18.7. The molecule has 2 saturated heterocycles. The summed E-state index contributed by atoms with van der Waals surface area (Å²) >= 11 is 6.31. The van der Waals surface area contributed by atoms with Crippen LogP contribution in [0.3, 0.4) is 0 Å². The van der Waals surface area contributed by atoms with Gasteiger partial charge in [-0.05, 0) is 90.9 Å². The van der Waals surface area contributed by atoms with Crippen molar-refractivity contribution in [3.8, 4) is 5.75 Å². The van der Waals surface area contributed by atoms with E-state index in [1.54, 1.807) is 42.5 Å². The second kappa shape index (κ2) is 14.1. The summed E-state index contributed by atoms with van der Waals surface area (Å²) in [7, 11) is 0. The Kier molecular flexibility index (Phi) is 9.53. The molecule has 2 N–H and O–H groups in total. The molecule has 8 nitrogen and oxygen atoms in total. The molecule has 0 radical (unpaired) electrons. The van der Waals surface area contributed by atoms with Crippen LogP contribution < -0.4 is 10.3 Å². The molecular formula is C43H31ClF7N3O5. The number of aromatic hydroxyl groups is 1. The number of nitrogens with one attached hydrogen (secondary N) is 1. The lowest BCUT2D eigenvalue weighted by Gasteiger charge is -2.50. The molecule has 1 saturated carbocycles. The summed E-state index contributed by atoms with van der Waals surface area (Å²) in [6.07, 6.45) is -7.70. The number of carbonyl (C=O) groups excluding carboxylic acids is 4. The number of para-hydroxylation sites is 1. The molecule has 0 aromatic heterocycles. The summed E-state index contributed by atoms with van der Waals surface area (Å²) in [4.78, 5) is 59.2. The van der Waals surface area contributed by atoms with Crippen LogP contribution in [0.4, 0.5) is 42.1 Å². The molecule has 304 valence electrons. The van der Waals surface area contributed by atoms with Gasteiger partial charge in [0.25, 0.3) is 11.8 Å². The van der Waals surface area contributed by atoms with E-state index >= 15 is 4.79 Å². The fraction of sp³-hybridized carbons (Fsp3) is 0.256. The van der Waals surface area contributed by atoms with Crippen LogP contribution in [-0.4, -0.2) is 33.7 Å². The highest BCUT2D eigenvalue weighted by molar-refractivity contribution is 6.30. The fourth-order valence-electron chi connectivity index (χ4n) is 9.49. The summed E-state index contributed by atoms with van der Waals surface area (Å²) in [5.41, 5.74) is -2.06. The number of hydrazine groups is 1. The number of allylic oxidation sites excluding steroid dienone is 3. The van der Waals surface area contributed by atoms with E-state index in [0.717, 1.165) is 17.1 Å². The van der Waals surface area contributed by atoms with Gasteiger partial charge in [0.2, 0.25) is 11.8 Å². The number of fused-ring (bicyclic) bond motifs is 4. The minimum Gasteiger partial charge on any atom is -0.507 e.